The SMILES string of the molecule is O=C(NCc1ccc2c(c1)OCO2)c1cnc(N2CCCCCC2)cn1. The summed E-state index contributed by atoms with van der Waals surface area (Å²) in [7, 11) is 0. The van der Waals surface area contributed by atoms with E-state index in [4.69, 9.17) is 9.47 Å². The van der Waals surface area contributed by atoms with E-state index >= 15 is 0 Å². The fraction of sp³-hybridized carbons (Fsp3) is 0.421. The molecular formula is C19H22N4O3. The first-order chi connectivity index (χ1) is 12.8. The number of hydrogen-bond donors (Lipinski definition) is 1. The predicted octanol–water partition coefficient (Wildman–Crippen LogP) is 2.52. The molecule has 136 valence electrons. The van der Waals surface area contributed by atoms with Crippen molar-refractivity contribution in [3.63, 3.8) is 0 Å². The van der Waals surface area contributed by atoms with E-state index in [1.54, 1.807) is 12.4 Å². The number of benzene rings is 1. The molecule has 0 spiro atoms. The van der Waals surface area contributed by atoms with Gasteiger partial charge in [0.2, 0.25) is 6.79 Å². The zero-order chi connectivity index (χ0) is 17.8. The predicted molar refractivity (Wildman–Crippen MR) is 96.4 cm³/mol. The van der Waals surface area contributed by atoms with E-state index < -0.39 is 0 Å². The van der Waals surface area contributed by atoms with E-state index in [2.05, 4.69) is 20.2 Å². The Hall–Kier alpha value is -2.83. The lowest BCUT2D eigenvalue weighted by Gasteiger charge is -2.20. The molecule has 1 N–H and O–H groups in total. The summed E-state index contributed by atoms with van der Waals surface area (Å²) in [5.41, 5.74) is 1.26. The van der Waals surface area contributed by atoms with Crippen molar-refractivity contribution in [2.75, 3.05) is 24.8 Å². The number of nitrogens with one attached hydrogen (secondary N) is 1. The second-order valence-corrected chi connectivity index (χ2v) is 6.53. The summed E-state index contributed by atoms with van der Waals surface area (Å²) in [5, 5.41) is 2.86. The van der Waals surface area contributed by atoms with Crippen LogP contribution in [0.15, 0.2) is 30.6 Å². The Balaban J connectivity index is 1.35. The molecule has 0 aliphatic carbocycles. The minimum atomic E-state index is -0.238. The third kappa shape index (κ3) is 3.71. The smallest absolute Gasteiger partial charge is 0.271 e. The van der Waals surface area contributed by atoms with Crippen molar-refractivity contribution in [1.29, 1.82) is 0 Å². The van der Waals surface area contributed by atoms with Crippen LogP contribution >= 0.6 is 0 Å². The van der Waals surface area contributed by atoms with Gasteiger partial charge in [-0.25, -0.2) is 9.97 Å². The molecule has 1 aromatic heterocycles. The molecule has 3 heterocycles. The molecule has 2 aliphatic rings. The first kappa shape index (κ1) is 16.6. The van der Waals surface area contributed by atoms with Gasteiger partial charge in [-0.15, -0.1) is 0 Å². The fourth-order valence-electron chi connectivity index (χ4n) is 3.23. The molecule has 4 rings (SSSR count). The van der Waals surface area contributed by atoms with Gasteiger partial charge in [-0.2, -0.15) is 0 Å². The maximum absolute atomic E-state index is 12.3. The molecule has 1 amide bonds. The molecule has 2 aliphatic heterocycles. The average molecular weight is 354 g/mol. The topological polar surface area (TPSA) is 76.6 Å². The number of carbonyl (C=O) groups is 1. The molecule has 7 nitrogen and oxygen atoms in total. The highest BCUT2D eigenvalue weighted by atomic mass is 16.7. The van der Waals surface area contributed by atoms with Gasteiger partial charge in [-0.3, -0.25) is 4.79 Å². The summed E-state index contributed by atoms with van der Waals surface area (Å²) < 4.78 is 10.6. The summed E-state index contributed by atoms with van der Waals surface area (Å²) in [6.45, 7) is 2.64. The van der Waals surface area contributed by atoms with Gasteiger partial charge in [0.05, 0.1) is 12.4 Å². The van der Waals surface area contributed by atoms with Crippen LogP contribution in [0.3, 0.4) is 0 Å². The number of anilines is 1. The number of rotatable bonds is 4. The fourth-order valence-corrected chi connectivity index (χ4v) is 3.23. The Morgan fingerprint density at radius 1 is 1.04 bits per heavy atom. The Labute approximate surface area is 152 Å². The van der Waals surface area contributed by atoms with Crippen molar-refractivity contribution >= 4 is 11.7 Å². The zero-order valence-electron chi connectivity index (χ0n) is 14.6. The molecule has 0 atom stereocenters. The Bertz CT molecular complexity index is 771. The lowest BCUT2D eigenvalue weighted by atomic mass is 10.2. The van der Waals surface area contributed by atoms with Crippen molar-refractivity contribution in [2.45, 2.75) is 32.2 Å². The van der Waals surface area contributed by atoms with Crippen LogP contribution in [0.5, 0.6) is 11.5 Å². The standard InChI is InChI=1S/C19H22N4O3/c24-19(22-10-14-5-6-16-17(9-14)26-13-25-16)15-11-21-18(12-20-15)23-7-3-1-2-4-8-23/h5-6,9,11-12H,1-4,7-8,10,13H2,(H,22,24). The van der Waals surface area contributed by atoms with Crippen molar-refractivity contribution in [3.8, 4) is 11.5 Å². The van der Waals surface area contributed by atoms with Crippen LogP contribution in [0, 0.1) is 0 Å². The monoisotopic (exact) mass is 354 g/mol. The highest BCUT2D eigenvalue weighted by Crippen LogP contribution is 2.32. The van der Waals surface area contributed by atoms with Gasteiger partial charge in [0.15, 0.2) is 11.5 Å². The molecule has 0 unspecified atom stereocenters. The van der Waals surface area contributed by atoms with E-state index in [0.717, 1.165) is 30.2 Å². The lowest BCUT2D eigenvalue weighted by Crippen LogP contribution is -2.27. The van der Waals surface area contributed by atoms with Gasteiger partial charge in [0, 0.05) is 19.6 Å². The summed E-state index contributed by atoms with van der Waals surface area (Å²) in [6, 6.07) is 5.62. The minimum Gasteiger partial charge on any atom is -0.454 e. The second kappa shape index (κ2) is 7.59. The van der Waals surface area contributed by atoms with Crippen molar-refractivity contribution < 1.29 is 14.3 Å². The molecule has 0 saturated carbocycles. The minimum absolute atomic E-state index is 0.238. The average Bonchev–Trinajstić information content (AvgIpc) is 2.98. The first-order valence-electron chi connectivity index (χ1n) is 9.03. The number of aromatic nitrogens is 2. The lowest BCUT2D eigenvalue weighted by molar-refractivity contribution is 0.0945. The third-order valence-corrected chi connectivity index (χ3v) is 4.69. The number of carbonyl (C=O) groups excluding carboxylic acids is 1. The summed E-state index contributed by atoms with van der Waals surface area (Å²) in [4.78, 5) is 23.3. The summed E-state index contributed by atoms with van der Waals surface area (Å²) in [5.74, 6) is 2.05. The number of amides is 1. The van der Waals surface area contributed by atoms with Crippen LogP contribution in [0.1, 0.15) is 41.7 Å². The first-order valence-corrected chi connectivity index (χ1v) is 9.03. The Kier molecular flexibility index (Phi) is 4.86. The normalized spacial score (nSPS) is 16.2. The van der Waals surface area contributed by atoms with Gasteiger partial charge in [-0.05, 0) is 30.5 Å². The number of ether oxygens (including phenoxy) is 2. The van der Waals surface area contributed by atoms with Crippen molar-refractivity contribution in [3.05, 3.63) is 41.9 Å². The second-order valence-electron chi connectivity index (χ2n) is 6.53. The number of nitrogens with zero attached hydrogens (tertiary/aromatic N) is 3. The van der Waals surface area contributed by atoms with Gasteiger partial charge < -0.3 is 19.7 Å². The quantitative estimate of drug-likeness (QED) is 0.909. The van der Waals surface area contributed by atoms with Crippen LogP contribution in [0.25, 0.3) is 0 Å². The van der Waals surface area contributed by atoms with E-state index in [1.807, 2.05) is 18.2 Å². The maximum Gasteiger partial charge on any atom is 0.271 e. The van der Waals surface area contributed by atoms with Crippen LogP contribution in [0.2, 0.25) is 0 Å². The van der Waals surface area contributed by atoms with E-state index in [0.29, 0.717) is 18.0 Å². The molecular weight excluding hydrogens is 332 g/mol. The number of fused-ring (bicyclic) bond motifs is 1. The molecule has 7 heteroatoms. The molecule has 1 aromatic carbocycles. The van der Waals surface area contributed by atoms with E-state index in [9.17, 15) is 4.79 Å². The largest absolute Gasteiger partial charge is 0.454 e. The van der Waals surface area contributed by atoms with Gasteiger partial charge in [0.1, 0.15) is 11.5 Å². The van der Waals surface area contributed by atoms with Crippen LogP contribution in [0.4, 0.5) is 5.82 Å². The molecule has 26 heavy (non-hydrogen) atoms. The Morgan fingerprint density at radius 3 is 2.62 bits per heavy atom. The highest BCUT2D eigenvalue weighted by molar-refractivity contribution is 5.92. The van der Waals surface area contributed by atoms with Crippen LogP contribution < -0.4 is 19.7 Å². The Morgan fingerprint density at radius 2 is 1.85 bits per heavy atom. The van der Waals surface area contributed by atoms with Crippen LogP contribution in [-0.2, 0) is 6.54 Å². The number of hydrogen-bond acceptors (Lipinski definition) is 6. The zero-order valence-corrected chi connectivity index (χ0v) is 14.6. The third-order valence-electron chi connectivity index (χ3n) is 4.69. The summed E-state index contributed by atoms with van der Waals surface area (Å²) >= 11 is 0. The molecule has 2 aromatic rings. The molecule has 0 radical (unpaired) electrons. The molecule has 0 bridgehead atoms. The molecule has 1 fully saturated rings. The van der Waals surface area contributed by atoms with E-state index in [-0.39, 0.29) is 12.7 Å². The van der Waals surface area contributed by atoms with Gasteiger partial charge >= 0.3 is 0 Å². The van der Waals surface area contributed by atoms with Crippen molar-refractivity contribution in [1.82, 2.24) is 15.3 Å². The van der Waals surface area contributed by atoms with Gasteiger partial charge in [0.25, 0.3) is 5.91 Å². The van der Waals surface area contributed by atoms with E-state index in [1.165, 1.54) is 25.7 Å². The summed E-state index contributed by atoms with van der Waals surface area (Å²) in [6.07, 6.45) is 8.14. The van der Waals surface area contributed by atoms with Crippen LogP contribution in [-0.4, -0.2) is 35.8 Å². The maximum atomic E-state index is 12.3. The van der Waals surface area contributed by atoms with Crippen molar-refractivity contribution in [2.24, 2.45) is 0 Å². The molecule has 1 saturated heterocycles. The van der Waals surface area contributed by atoms with Gasteiger partial charge in [-0.1, -0.05) is 18.9 Å². The highest BCUT2D eigenvalue weighted by Gasteiger charge is 2.15.